The van der Waals surface area contributed by atoms with Crippen molar-refractivity contribution in [2.24, 2.45) is 0 Å². The maximum Gasteiger partial charge on any atom is 0.321 e. The molecule has 2 aliphatic rings. The Hall–Kier alpha value is -3.35. The molecule has 0 bridgehead atoms. The molecule has 3 aromatic rings. The maximum atomic E-state index is 12.9. The summed E-state index contributed by atoms with van der Waals surface area (Å²) in [6.07, 6.45) is 1.68. The van der Waals surface area contributed by atoms with Crippen molar-refractivity contribution in [3.63, 3.8) is 0 Å². The molecule has 148 valence electrons. The average molecular weight is 390 g/mol. The van der Waals surface area contributed by atoms with E-state index in [-0.39, 0.29) is 17.9 Å². The number of hydrogen-bond acceptors (Lipinski definition) is 4. The van der Waals surface area contributed by atoms with Crippen molar-refractivity contribution in [3.05, 3.63) is 60.0 Å². The van der Waals surface area contributed by atoms with Gasteiger partial charge < -0.3 is 14.6 Å². The maximum absolute atomic E-state index is 12.9. The van der Waals surface area contributed by atoms with E-state index in [9.17, 15) is 9.59 Å². The Morgan fingerprint density at radius 2 is 1.79 bits per heavy atom. The number of urea groups is 1. The van der Waals surface area contributed by atoms with Gasteiger partial charge in [0.15, 0.2) is 11.5 Å². The van der Waals surface area contributed by atoms with E-state index in [0.717, 1.165) is 35.5 Å². The van der Waals surface area contributed by atoms with Crippen molar-refractivity contribution in [2.45, 2.75) is 18.8 Å². The van der Waals surface area contributed by atoms with Crippen molar-refractivity contribution in [1.82, 2.24) is 15.2 Å². The lowest BCUT2D eigenvalue weighted by molar-refractivity contribution is 0.0706. The van der Waals surface area contributed by atoms with Gasteiger partial charge in [0, 0.05) is 43.3 Å². The number of likely N-dealkylation sites (tertiary alicyclic amines) is 1. The van der Waals surface area contributed by atoms with E-state index >= 15 is 0 Å². The molecule has 29 heavy (non-hydrogen) atoms. The third kappa shape index (κ3) is 3.33. The minimum absolute atomic E-state index is 0.0263. The first-order chi connectivity index (χ1) is 14.2. The molecule has 0 unspecified atom stereocenters. The molecule has 1 aromatic heterocycles. The standard InChI is InChI=1S/C22H22N4O3/c27-21(16-5-7-17(8-6-16)26-14-11-23-22(26)28)25-12-9-15(10-13-25)20-24-18-3-1-2-4-19(18)29-20/h1-8,15H,9-14H2,(H,23,28). The first-order valence-corrected chi connectivity index (χ1v) is 9.99. The van der Waals surface area contributed by atoms with Gasteiger partial charge in [0.1, 0.15) is 5.52 Å². The molecule has 7 nitrogen and oxygen atoms in total. The highest BCUT2D eigenvalue weighted by atomic mass is 16.3. The van der Waals surface area contributed by atoms with Gasteiger partial charge in [-0.05, 0) is 49.2 Å². The molecule has 5 rings (SSSR count). The van der Waals surface area contributed by atoms with Crippen LogP contribution in [0.25, 0.3) is 11.1 Å². The quantitative estimate of drug-likeness (QED) is 0.744. The number of rotatable bonds is 3. The van der Waals surface area contributed by atoms with Crippen molar-refractivity contribution in [3.8, 4) is 0 Å². The lowest BCUT2D eigenvalue weighted by atomic mass is 9.96. The molecule has 2 aromatic carbocycles. The number of hydrogen-bond donors (Lipinski definition) is 1. The highest BCUT2D eigenvalue weighted by Crippen LogP contribution is 2.30. The number of carbonyl (C=O) groups is 2. The van der Waals surface area contributed by atoms with Gasteiger partial charge in [0.05, 0.1) is 0 Å². The Balaban J connectivity index is 1.23. The number of carbonyl (C=O) groups excluding carboxylic acids is 2. The number of amides is 3. The van der Waals surface area contributed by atoms with Crippen LogP contribution in [0.5, 0.6) is 0 Å². The summed E-state index contributed by atoms with van der Waals surface area (Å²) in [5, 5.41) is 2.78. The number of aromatic nitrogens is 1. The number of oxazole rings is 1. The van der Waals surface area contributed by atoms with Crippen LogP contribution in [0.1, 0.15) is 35.0 Å². The molecule has 2 saturated heterocycles. The lowest BCUT2D eigenvalue weighted by Crippen LogP contribution is -2.38. The van der Waals surface area contributed by atoms with Crippen molar-refractivity contribution < 1.29 is 14.0 Å². The van der Waals surface area contributed by atoms with Gasteiger partial charge in [-0.25, -0.2) is 9.78 Å². The highest BCUT2D eigenvalue weighted by Gasteiger charge is 2.28. The lowest BCUT2D eigenvalue weighted by Gasteiger charge is -2.30. The molecule has 0 saturated carbocycles. The number of piperidine rings is 1. The second kappa shape index (κ2) is 7.24. The summed E-state index contributed by atoms with van der Waals surface area (Å²) >= 11 is 0. The molecule has 0 atom stereocenters. The van der Waals surface area contributed by atoms with Crippen molar-refractivity contribution in [1.29, 1.82) is 0 Å². The van der Waals surface area contributed by atoms with Crippen LogP contribution in [0.15, 0.2) is 52.9 Å². The minimum Gasteiger partial charge on any atom is -0.440 e. The van der Waals surface area contributed by atoms with Gasteiger partial charge in [0.25, 0.3) is 5.91 Å². The number of anilines is 1. The fourth-order valence-electron chi connectivity index (χ4n) is 4.08. The molecule has 7 heteroatoms. The molecule has 1 N–H and O–H groups in total. The molecule has 0 spiro atoms. The first-order valence-electron chi connectivity index (χ1n) is 9.99. The van der Waals surface area contributed by atoms with Crippen LogP contribution in [-0.2, 0) is 0 Å². The molecule has 3 heterocycles. The number of fused-ring (bicyclic) bond motifs is 1. The second-order valence-corrected chi connectivity index (χ2v) is 7.52. The van der Waals surface area contributed by atoms with Gasteiger partial charge in [-0.2, -0.15) is 0 Å². The smallest absolute Gasteiger partial charge is 0.321 e. The zero-order valence-corrected chi connectivity index (χ0v) is 16.0. The van der Waals surface area contributed by atoms with Crippen LogP contribution in [0, 0.1) is 0 Å². The van der Waals surface area contributed by atoms with Crippen LogP contribution >= 0.6 is 0 Å². The molecule has 0 radical (unpaired) electrons. The van der Waals surface area contributed by atoms with Gasteiger partial charge in [-0.1, -0.05) is 12.1 Å². The van der Waals surface area contributed by atoms with Crippen LogP contribution in [0.3, 0.4) is 0 Å². The van der Waals surface area contributed by atoms with Gasteiger partial charge in [-0.15, -0.1) is 0 Å². The Labute approximate surface area is 168 Å². The SMILES string of the molecule is O=C(c1ccc(N2CCNC2=O)cc1)N1CCC(c2nc3ccccc3o2)CC1. The monoisotopic (exact) mass is 390 g/mol. The molecule has 0 aliphatic carbocycles. The highest BCUT2D eigenvalue weighted by molar-refractivity contribution is 5.97. The number of para-hydroxylation sites is 2. The van der Waals surface area contributed by atoms with Crippen LogP contribution in [-0.4, -0.2) is 48.0 Å². The fourth-order valence-corrected chi connectivity index (χ4v) is 4.08. The van der Waals surface area contributed by atoms with E-state index in [1.807, 2.05) is 41.3 Å². The van der Waals surface area contributed by atoms with Crippen LogP contribution < -0.4 is 10.2 Å². The van der Waals surface area contributed by atoms with E-state index in [4.69, 9.17) is 4.42 Å². The number of benzene rings is 2. The fraction of sp³-hybridized carbons (Fsp3) is 0.318. The topological polar surface area (TPSA) is 78.7 Å². The summed E-state index contributed by atoms with van der Waals surface area (Å²) in [6.45, 7) is 2.65. The van der Waals surface area contributed by atoms with E-state index < -0.39 is 0 Å². The average Bonchev–Trinajstić information content (AvgIpc) is 3.39. The Bertz CT molecular complexity index is 1020. The van der Waals surface area contributed by atoms with Crippen molar-refractivity contribution >= 4 is 28.7 Å². The third-order valence-electron chi connectivity index (χ3n) is 5.72. The summed E-state index contributed by atoms with van der Waals surface area (Å²) in [7, 11) is 0. The van der Waals surface area contributed by atoms with Gasteiger partial charge >= 0.3 is 6.03 Å². The zero-order valence-electron chi connectivity index (χ0n) is 16.0. The van der Waals surface area contributed by atoms with Crippen molar-refractivity contribution in [2.75, 3.05) is 31.1 Å². The van der Waals surface area contributed by atoms with Crippen LogP contribution in [0.2, 0.25) is 0 Å². The molecule has 3 amide bonds. The first kappa shape index (κ1) is 17.7. The summed E-state index contributed by atoms with van der Waals surface area (Å²) in [5.41, 5.74) is 3.15. The van der Waals surface area contributed by atoms with Crippen LogP contribution in [0.4, 0.5) is 10.5 Å². The van der Waals surface area contributed by atoms with Gasteiger partial charge in [0.2, 0.25) is 0 Å². The molecular formula is C22H22N4O3. The zero-order chi connectivity index (χ0) is 19.8. The summed E-state index contributed by atoms with van der Waals surface area (Å²) in [6, 6.07) is 15.0. The van der Waals surface area contributed by atoms with Gasteiger partial charge in [-0.3, -0.25) is 9.69 Å². The van der Waals surface area contributed by atoms with E-state index in [1.165, 1.54) is 0 Å². The Morgan fingerprint density at radius 1 is 1.03 bits per heavy atom. The third-order valence-corrected chi connectivity index (χ3v) is 5.72. The number of nitrogens with zero attached hydrogens (tertiary/aromatic N) is 3. The summed E-state index contributed by atoms with van der Waals surface area (Å²) < 4.78 is 5.91. The van der Waals surface area contributed by atoms with E-state index in [0.29, 0.717) is 31.7 Å². The predicted octanol–water partition coefficient (Wildman–Crippen LogP) is 3.38. The number of nitrogens with one attached hydrogen (secondary N) is 1. The molecular weight excluding hydrogens is 368 g/mol. The summed E-state index contributed by atoms with van der Waals surface area (Å²) in [4.78, 5) is 32.8. The minimum atomic E-state index is -0.0923. The van der Waals surface area contributed by atoms with E-state index in [2.05, 4.69) is 10.3 Å². The Morgan fingerprint density at radius 3 is 2.48 bits per heavy atom. The predicted molar refractivity (Wildman–Crippen MR) is 109 cm³/mol. The normalized spacial score (nSPS) is 17.7. The molecule has 2 fully saturated rings. The summed E-state index contributed by atoms with van der Waals surface area (Å²) in [5.74, 6) is 1.03. The Kier molecular flexibility index (Phi) is 4.42. The molecule has 2 aliphatic heterocycles. The van der Waals surface area contributed by atoms with E-state index in [1.54, 1.807) is 17.0 Å². The second-order valence-electron chi connectivity index (χ2n) is 7.52. The largest absolute Gasteiger partial charge is 0.440 e.